The van der Waals surface area contributed by atoms with E-state index >= 15 is 0 Å². The molecular weight excluding hydrogens is 296 g/mol. The van der Waals surface area contributed by atoms with Crippen molar-refractivity contribution in [1.29, 1.82) is 0 Å². The zero-order valence-corrected chi connectivity index (χ0v) is 14.4. The van der Waals surface area contributed by atoms with Crippen molar-refractivity contribution in [3.63, 3.8) is 0 Å². The molecule has 2 rings (SSSR count). The summed E-state index contributed by atoms with van der Waals surface area (Å²) >= 11 is 1.43. The number of carbonyl (C=O) groups excluding carboxylic acids is 1. The highest BCUT2D eigenvalue weighted by atomic mass is 32.2. The van der Waals surface area contributed by atoms with Gasteiger partial charge in [0.1, 0.15) is 6.33 Å². The average molecular weight is 318 g/mol. The smallest absolute Gasteiger partial charge is 0.233 e. The highest BCUT2D eigenvalue weighted by molar-refractivity contribution is 7.99. The van der Waals surface area contributed by atoms with Gasteiger partial charge in [-0.3, -0.25) is 9.36 Å². The van der Waals surface area contributed by atoms with Crippen molar-refractivity contribution in [2.24, 2.45) is 0 Å². The molecule has 118 valence electrons. The third-order valence-corrected chi connectivity index (χ3v) is 4.50. The second-order valence-electron chi connectivity index (χ2n) is 5.13. The summed E-state index contributed by atoms with van der Waals surface area (Å²) < 4.78 is 1.94. The fourth-order valence-corrected chi connectivity index (χ4v) is 3.18. The summed E-state index contributed by atoms with van der Waals surface area (Å²) in [5.41, 5.74) is 3.44. The molecule has 0 bridgehead atoms. The average Bonchev–Trinajstić information content (AvgIpc) is 2.94. The van der Waals surface area contributed by atoms with E-state index < -0.39 is 0 Å². The van der Waals surface area contributed by atoms with Crippen LogP contribution in [0.3, 0.4) is 0 Å². The standard InChI is InChI=1S/C16H22N4OS/c1-5-19(6-2)15(21)10-22-16-18-17-11-20(16)14-8-7-12(3)9-13(14)4/h7-9,11H,5-6,10H2,1-4H3. The number of aryl methyl sites for hydroxylation is 2. The number of hydrogen-bond donors (Lipinski definition) is 0. The molecule has 2 aromatic rings. The van der Waals surface area contributed by atoms with Crippen LogP contribution in [0.4, 0.5) is 0 Å². The van der Waals surface area contributed by atoms with Crippen molar-refractivity contribution in [3.05, 3.63) is 35.7 Å². The molecule has 6 heteroatoms. The molecule has 0 aliphatic heterocycles. The van der Waals surface area contributed by atoms with Gasteiger partial charge in [-0.2, -0.15) is 0 Å². The summed E-state index contributed by atoms with van der Waals surface area (Å²) in [6, 6.07) is 6.26. The van der Waals surface area contributed by atoms with Crippen LogP contribution >= 0.6 is 11.8 Å². The first-order valence-corrected chi connectivity index (χ1v) is 8.43. The van der Waals surface area contributed by atoms with E-state index in [4.69, 9.17) is 0 Å². The van der Waals surface area contributed by atoms with Gasteiger partial charge in [-0.15, -0.1) is 10.2 Å². The largest absolute Gasteiger partial charge is 0.343 e. The third kappa shape index (κ3) is 3.68. The minimum absolute atomic E-state index is 0.130. The zero-order chi connectivity index (χ0) is 16.1. The number of nitrogens with zero attached hydrogens (tertiary/aromatic N) is 4. The van der Waals surface area contributed by atoms with Crippen molar-refractivity contribution in [2.75, 3.05) is 18.8 Å². The van der Waals surface area contributed by atoms with E-state index in [0.29, 0.717) is 5.75 Å². The molecular formula is C16H22N4OS. The highest BCUT2D eigenvalue weighted by Crippen LogP contribution is 2.22. The first kappa shape index (κ1) is 16.5. The maximum Gasteiger partial charge on any atom is 0.233 e. The lowest BCUT2D eigenvalue weighted by Crippen LogP contribution is -2.31. The van der Waals surface area contributed by atoms with E-state index in [-0.39, 0.29) is 5.91 Å². The Morgan fingerprint density at radius 2 is 2.00 bits per heavy atom. The summed E-state index contributed by atoms with van der Waals surface area (Å²) in [4.78, 5) is 13.9. The van der Waals surface area contributed by atoms with Gasteiger partial charge in [0.15, 0.2) is 5.16 Å². The van der Waals surface area contributed by atoms with Gasteiger partial charge < -0.3 is 4.90 Å². The van der Waals surface area contributed by atoms with E-state index in [0.717, 1.165) is 29.5 Å². The number of carbonyl (C=O) groups is 1. The molecule has 0 radical (unpaired) electrons. The fourth-order valence-electron chi connectivity index (χ4n) is 2.36. The lowest BCUT2D eigenvalue weighted by molar-refractivity contribution is -0.127. The van der Waals surface area contributed by atoms with Gasteiger partial charge in [0.25, 0.3) is 0 Å². The van der Waals surface area contributed by atoms with Crippen LogP contribution in [0, 0.1) is 13.8 Å². The SMILES string of the molecule is CCN(CC)C(=O)CSc1nncn1-c1ccc(C)cc1C. The Hall–Kier alpha value is -1.82. The summed E-state index contributed by atoms with van der Waals surface area (Å²) in [6.07, 6.45) is 1.70. The molecule has 0 aliphatic carbocycles. The first-order chi connectivity index (χ1) is 10.6. The Balaban J connectivity index is 2.15. The van der Waals surface area contributed by atoms with Gasteiger partial charge in [0.2, 0.25) is 5.91 Å². The summed E-state index contributed by atoms with van der Waals surface area (Å²) in [7, 11) is 0. The molecule has 0 unspecified atom stereocenters. The predicted octanol–water partition coefficient (Wildman–Crippen LogP) is 2.84. The van der Waals surface area contributed by atoms with Crippen LogP contribution in [-0.2, 0) is 4.79 Å². The molecule has 0 atom stereocenters. The minimum atomic E-state index is 0.130. The Morgan fingerprint density at radius 1 is 1.27 bits per heavy atom. The van der Waals surface area contributed by atoms with Crippen molar-refractivity contribution in [2.45, 2.75) is 32.9 Å². The Kier molecular flexibility index (Phi) is 5.60. The summed E-state index contributed by atoms with van der Waals surface area (Å²) in [5, 5.41) is 8.88. The van der Waals surface area contributed by atoms with Gasteiger partial charge in [-0.05, 0) is 39.3 Å². The molecule has 1 aromatic heterocycles. The second-order valence-corrected chi connectivity index (χ2v) is 6.07. The maximum atomic E-state index is 12.1. The van der Waals surface area contributed by atoms with Crippen molar-refractivity contribution in [3.8, 4) is 5.69 Å². The zero-order valence-electron chi connectivity index (χ0n) is 13.5. The molecule has 0 fully saturated rings. The highest BCUT2D eigenvalue weighted by Gasteiger charge is 2.14. The Morgan fingerprint density at radius 3 is 2.64 bits per heavy atom. The van der Waals surface area contributed by atoms with Crippen LogP contribution in [0.25, 0.3) is 5.69 Å². The van der Waals surface area contributed by atoms with E-state index in [1.165, 1.54) is 17.3 Å². The third-order valence-electron chi connectivity index (χ3n) is 3.57. The van der Waals surface area contributed by atoms with Gasteiger partial charge in [0, 0.05) is 13.1 Å². The minimum Gasteiger partial charge on any atom is -0.343 e. The molecule has 0 spiro atoms. The number of benzene rings is 1. The van der Waals surface area contributed by atoms with E-state index in [2.05, 4.69) is 42.2 Å². The quantitative estimate of drug-likeness (QED) is 0.769. The maximum absolute atomic E-state index is 12.1. The van der Waals surface area contributed by atoms with Crippen LogP contribution < -0.4 is 0 Å². The lowest BCUT2D eigenvalue weighted by atomic mass is 10.1. The van der Waals surface area contributed by atoms with Gasteiger partial charge in [-0.1, -0.05) is 29.5 Å². The van der Waals surface area contributed by atoms with Crippen LogP contribution in [0.15, 0.2) is 29.7 Å². The number of hydrogen-bond acceptors (Lipinski definition) is 4. The van der Waals surface area contributed by atoms with Gasteiger partial charge >= 0.3 is 0 Å². The fraction of sp³-hybridized carbons (Fsp3) is 0.438. The van der Waals surface area contributed by atoms with E-state index in [1.54, 1.807) is 6.33 Å². The number of amides is 1. The monoisotopic (exact) mass is 318 g/mol. The van der Waals surface area contributed by atoms with Crippen LogP contribution in [0.5, 0.6) is 0 Å². The van der Waals surface area contributed by atoms with Gasteiger partial charge in [-0.25, -0.2) is 0 Å². The predicted molar refractivity (Wildman–Crippen MR) is 89.5 cm³/mol. The molecule has 1 amide bonds. The summed E-state index contributed by atoms with van der Waals surface area (Å²) in [6.45, 7) is 9.59. The molecule has 1 aromatic carbocycles. The molecule has 0 saturated heterocycles. The van der Waals surface area contributed by atoms with E-state index in [1.807, 2.05) is 23.3 Å². The normalized spacial score (nSPS) is 10.7. The number of aromatic nitrogens is 3. The molecule has 22 heavy (non-hydrogen) atoms. The topological polar surface area (TPSA) is 51.0 Å². The molecule has 0 aliphatic rings. The van der Waals surface area contributed by atoms with Crippen LogP contribution in [-0.4, -0.2) is 44.4 Å². The number of thioether (sulfide) groups is 1. The molecule has 0 N–H and O–H groups in total. The Labute approximate surface area is 135 Å². The molecule has 1 heterocycles. The van der Waals surface area contributed by atoms with Gasteiger partial charge in [0.05, 0.1) is 11.4 Å². The van der Waals surface area contributed by atoms with Crippen LogP contribution in [0.1, 0.15) is 25.0 Å². The van der Waals surface area contributed by atoms with Crippen molar-refractivity contribution >= 4 is 17.7 Å². The first-order valence-electron chi connectivity index (χ1n) is 7.45. The van der Waals surface area contributed by atoms with Crippen LogP contribution in [0.2, 0.25) is 0 Å². The summed E-state index contributed by atoms with van der Waals surface area (Å²) in [5.74, 6) is 0.510. The second kappa shape index (κ2) is 7.45. The van der Waals surface area contributed by atoms with E-state index in [9.17, 15) is 4.79 Å². The lowest BCUT2D eigenvalue weighted by Gasteiger charge is -2.18. The number of rotatable bonds is 6. The Bertz CT molecular complexity index is 649. The van der Waals surface area contributed by atoms with Crippen molar-refractivity contribution < 1.29 is 4.79 Å². The molecule has 5 nitrogen and oxygen atoms in total. The van der Waals surface area contributed by atoms with Crippen molar-refractivity contribution in [1.82, 2.24) is 19.7 Å². The molecule has 0 saturated carbocycles.